The summed E-state index contributed by atoms with van der Waals surface area (Å²) in [5.74, 6) is -0.995. The van der Waals surface area contributed by atoms with Gasteiger partial charge in [0.25, 0.3) is 0 Å². The van der Waals surface area contributed by atoms with Crippen molar-refractivity contribution in [3.05, 3.63) is 69.7 Å². The Labute approximate surface area is 120 Å². The van der Waals surface area contributed by atoms with Gasteiger partial charge in [0.05, 0.1) is 15.6 Å². The largest absolute Gasteiger partial charge is 0.478 e. The van der Waals surface area contributed by atoms with Gasteiger partial charge in [0.1, 0.15) is 0 Å². The van der Waals surface area contributed by atoms with Gasteiger partial charge in [0.15, 0.2) is 6.29 Å². The normalized spacial score (nSPS) is 9.16. The Hall–Kier alpha value is -1.84. The second-order valence-corrected chi connectivity index (χ2v) is 4.24. The number of aromatic carboxylic acids is 1. The molecule has 0 bridgehead atoms. The minimum atomic E-state index is -0.995. The van der Waals surface area contributed by atoms with Crippen molar-refractivity contribution in [2.24, 2.45) is 0 Å². The van der Waals surface area contributed by atoms with Gasteiger partial charge in [-0.3, -0.25) is 4.79 Å². The maximum absolute atomic E-state index is 10.3. The van der Waals surface area contributed by atoms with E-state index in [1.165, 1.54) is 6.07 Å². The molecule has 0 aliphatic carbocycles. The zero-order valence-corrected chi connectivity index (χ0v) is 11.2. The lowest BCUT2D eigenvalue weighted by Crippen LogP contribution is -1.95. The topological polar surface area (TPSA) is 54.4 Å². The molecule has 1 N–H and O–H groups in total. The summed E-state index contributed by atoms with van der Waals surface area (Å²) in [5, 5.41) is 9.26. The lowest BCUT2D eigenvalue weighted by Gasteiger charge is -1.94. The fraction of sp³-hybridized carbons (Fsp3) is 0. The average molecular weight is 297 g/mol. The fourth-order valence-corrected chi connectivity index (χ4v) is 1.60. The molecule has 0 saturated heterocycles. The maximum Gasteiger partial charge on any atom is 0.337 e. The van der Waals surface area contributed by atoms with Gasteiger partial charge >= 0.3 is 5.97 Å². The first kappa shape index (κ1) is 15.2. The molecule has 5 heteroatoms. The van der Waals surface area contributed by atoms with E-state index in [0.29, 0.717) is 10.6 Å². The van der Waals surface area contributed by atoms with E-state index < -0.39 is 5.97 Å². The molecular formula is C14H10Cl2O3. The van der Waals surface area contributed by atoms with Gasteiger partial charge < -0.3 is 5.11 Å². The van der Waals surface area contributed by atoms with Gasteiger partial charge in [-0.25, -0.2) is 4.79 Å². The van der Waals surface area contributed by atoms with Crippen molar-refractivity contribution in [2.45, 2.75) is 0 Å². The molecule has 98 valence electrons. The number of hydrogen-bond donors (Lipinski definition) is 1. The van der Waals surface area contributed by atoms with Crippen LogP contribution in [0.3, 0.4) is 0 Å². The molecule has 0 atom stereocenters. The van der Waals surface area contributed by atoms with E-state index in [9.17, 15) is 9.59 Å². The van der Waals surface area contributed by atoms with E-state index in [-0.39, 0.29) is 10.6 Å². The first-order valence-electron chi connectivity index (χ1n) is 5.23. The highest BCUT2D eigenvalue weighted by Gasteiger charge is 2.04. The Bertz CT molecular complexity index is 582. The van der Waals surface area contributed by atoms with E-state index in [1.54, 1.807) is 42.5 Å². The number of halogens is 2. The highest BCUT2D eigenvalue weighted by molar-refractivity contribution is 6.33. The summed E-state index contributed by atoms with van der Waals surface area (Å²) in [5.41, 5.74) is 0.684. The summed E-state index contributed by atoms with van der Waals surface area (Å²) in [6.45, 7) is 0. The van der Waals surface area contributed by atoms with Crippen LogP contribution >= 0.6 is 23.2 Å². The highest BCUT2D eigenvalue weighted by Crippen LogP contribution is 2.14. The summed E-state index contributed by atoms with van der Waals surface area (Å²) in [6, 6.07) is 13.3. The zero-order chi connectivity index (χ0) is 14.3. The minimum absolute atomic E-state index is 0.143. The van der Waals surface area contributed by atoms with Crippen LogP contribution in [0.15, 0.2) is 48.5 Å². The van der Waals surface area contributed by atoms with Crippen molar-refractivity contribution in [2.75, 3.05) is 0 Å². The molecule has 2 aromatic rings. The number of hydrogen-bond acceptors (Lipinski definition) is 2. The summed E-state index contributed by atoms with van der Waals surface area (Å²) in [4.78, 5) is 20.5. The number of carboxylic acids is 1. The fourth-order valence-electron chi connectivity index (χ4n) is 1.21. The Balaban J connectivity index is 0.000000191. The number of carbonyl (C=O) groups excluding carboxylic acids is 1. The van der Waals surface area contributed by atoms with Gasteiger partial charge in [0, 0.05) is 5.56 Å². The van der Waals surface area contributed by atoms with Crippen LogP contribution in [0.4, 0.5) is 0 Å². The second kappa shape index (κ2) is 7.56. The van der Waals surface area contributed by atoms with Crippen molar-refractivity contribution >= 4 is 35.5 Å². The maximum atomic E-state index is 10.3. The third kappa shape index (κ3) is 4.73. The SMILES string of the molecule is O=C(O)c1ccccc1Cl.O=Cc1ccccc1Cl. The Kier molecular flexibility index (Phi) is 6.06. The van der Waals surface area contributed by atoms with Gasteiger partial charge in [-0.2, -0.15) is 0 Å². The number of carbonyl (C=O) groups is 2. The lowest BCUT2D eigenvalue weighted by molar-refractivity contribution is 0.0697. The van der Waals surface area contributed by atoms with Crippen molar-refractivity contribution in [3.8, 4) is 0 Å². The molecule has 0 aliphatic rings. The van der Waals surface area contributed by atoms with E-state index in [2.05, 4.69) is 0 Å². The van der Waals surface area contributed by atoms with Crippen LogP contribution in [-0.4, -0.2) is 17.4 Å². The van der Waals surface area contributed by atoms with Crippen LogP contribution < -0.4 is 0 Å². The summed E-state index contributed by atoms with van der Waals surface area (Å²) in [7, 11) is 0. The predicted octanol–water partition coefficient (Wildman–Crippen LogP) is 4.19. The Morgan fingerprint density at radius 2 is 1.47 bits per heavy atom. The van der Waals surface area contributed by atoms with Crippen LogP contribution in [0.5, 0.6) is 0 Å². The van der Waals surface area contributed by atoms with E-state index in [4.69, 9.17) is 28.3 Å². The highest BCUT2D eigenvalue weighted by atomic mass is 35.5. The quantitative estimate of drug-likeness (QED) is 0.845. The first-order chi connectivity index (χ1) is 9.06. The van der Waals surface area contributed by atoms with E-state index >= 15 is 0 Å². The molecule has 0 unspecified atom stereocenters. The number of rotatable bonds is 2. The molecule has 2 rings (SSSR count). The van der Waals surface area contributed by atoms with Gasteiger partial charge in [-0.05, 0) is 18.2 Å². The Morgan fingerprint density at radius 1 is 0.947 bits per heavy atom. The molecule has 0 radical (unpaired) electrons. The molecule has 3 nitrogen and oxygen atoms in total. The third-order valence-electron chi connectivity index (χ3n) is 2.14. The number of aldehydes is 1. The zero-order valence-electron chi connectivity index (χ0n) is 9.72. The van der Waals surface area contributed by atoms with Gasteiger partial charge in [-0.15, -0.1) is 0 Å². The number of benzene rings is 2. The molecule has 0 amide bonds. The van der Waals surface area contributed by atoms with E-state index in [0.717, 1.165) is 6.29 Å². The van der Waals surface area contributed by atoms with Crippen molar-refractivity contribution in [3.63, 3.8) is 0 Å². The summed E-state index contributed by atoms with van der Waals surface area (Å²) < 4.78 is 0. The average Bonchev–Trinajstić information content (AvgIpc) is 2.40. The minimum Gasteiger partial charge on any atom is -0.478 e. The monoisotopic (exact) mass is 296 g/mol. The van der Waals surface area contributed by atoms with Crippen LogP contribution in [0.1, 0.15) is 20.7 Å². The molecular weight excluding hydrogens is 287 g/mol. The van der Waals surface area contributed by atoms with Crippen molar-refractivity contribution in [1.82, 2.24) is 0 Å². The van der Waals surface area contributed by atoms with E-state index in [1.807, 2.05) is 0 Å². The molecule has 0 heterocycles. The Morgan fingerprint density at radius 3 is 1.84 bits per heavy atom. The molecule has 0 fully saturated rings. The van der Waals surface area contributed by atoms with Crippen molar-refractivity contribution in [1.29, 1.82) is 0 Å². The molecule has 0 saturated carbocycles. The first-order valence-corrected chi connectivity index (χ1v) is 5.99. The smallest absolute Gasteiger partial charge is 0.337 e. The van der Waals surface area contributed by atoms with Crippen LogP contribution in [0, 0.1) is 0 Å². The van der Waals surface area contributed by atoms with Crippen molar-refractivity contribution < 1.29 is 14.7 Å². The lowest BCUT2D eigenvalue weighted by atomic mass is 10.2. The predicted molar refractivity (Wildman–Crippen MR) is 75.3 cm³/mol. The van der Waals surface area contributed by atoms with Crippen LogP contribution in [0.2, 0.25) is 10.0 Å². The van der Waals surface area contributed by atoms with Crippen LogP contribution in [0.25, 0.3) is 0 Å². The van der Waals surface area contributed by atoms with Gasteiger partial charge in [0.2, 0.25) is 0 Å². The van der Waals surface area contributed by atoms with Gasteiger partial charge in [-0.1, -0.05) is 53.5 Å². The van der Waals surface area contributed by atoms with Crippen LogP contribution in [-0.2, 0) is 0 Å². The second-order valence-electron chi connectivity index (χ2n) is 3.42. The summed E-state index contributed by atoms with van der Waals surface area (Å²) >= 11 is 11.1. The summed E-state index contributed by atoms with van der Waals surface area (Å²) in [6.07, 6.45) is 0.738. The number of carboxylic acid groups (broad SMARTS) is 1. The molecule has 0 aromatic heterocycles. The standard InChI is InChI=1S/C7H5ClO2.C7H5ClO/c8-6-4-2-1-3-5(6)7(9)10;8-7-4-2-1-3-6(7)5-9/h1-4H,(H,9,10);1-5H. The molecule has 0 spiro atoms. The third-order valence-corrected chi connectivity index (χ3v) is 2.81. The molecule has 19 heavy (non-hydrogen) atoms. The molecule has 0 aliphatic heterocycles. The molecule has 2 aromatic carbocycles.